The van der Waals surface area contributed by atoms with Crippen LogP contribution in [0.5, 0.6) is 0 Å². The number of anilines is 1. The molecule has 0 saturated carbocycles. The number of amides is 3. The van der Waals surface area contributed by atoms with Crippen molar-refractivity contribution in [1.29, 1.82) is 0 Å². The standard InChI is InChI=1S/C19H27N3O4/c1-12(2)19(17(24)25)9-10-22(11-19)16(23)14-5-7-15(8-6-14)21-18(26)20-13(3)4/h5-8,12-13H,9-11H2,1-4H3,(H,24,25)(H2,20,21,26). The van der Waals surface area contributed by atoms with Crippen LogP contribution in [0.2, 0.25) is 0 Å². The van der Waals surface area contributed by atoms with E-state index in [0.717, 1.165) is 0 Å². The number of hydrogen-bond acceptors (Lipinski definition) is 3. The fourth-order valence-electron chi connectivity index (χ4n) is 3.21. The number of urea groups is 1. The summed E-state index contributed by atoms with van der Waals surface area (Å²) in [7, 11) is 0. The molecule has 1 heterocycles. The maximum Gasteiger partial charge on any atom is 0.319 e. The predicted octanol–water partition coefficient (Wildman–Crippen LogP) is 2.79. The van der Waals surface area contributed by atoms with E-state index in [9.17, 15) is 19.5 Å². The number of benzene rings is 1. The smallest absolute Gasteiger partial charge is 0.319 e. The van der Waals surface area contributed by atoms with Crippen molar-refractivity contribution >= 4 is 23.6 Å². The molecule has 0 bridgehead atoms. The number of carbonyl (C=O) groups is 3. The summed E-state index contributed by atoms with van der Waals surface area (Å²) in [6.45, 7) is 8.14. The van der Waals surface area contributed by atoms with Gasteiger partial charge in [0.1, 0.15) is 0 Å². The third-order valence-electron chi connectivity index (χ3n) is 4.93. The van der Waals surface area contributed by atoms with Gasteiger partial charge in [0.25, 0.3) is 5.91 Å². The molecule has 0 aromatic heterocycles. The molecule has 2 rings (SSSR count). The lowest BCUT2D eigenvalue weighted by Gasteiger charge is -2.28. The van der Waals surface area contributed by atoms with Crippen LogP contribution in [-0.4, -0.2) is 47.0 Å². The van der Waals surface area contributed by atoms with E-state index < -0.39 is 11.4 Å². The zero-order valence-electron chi connectivity index (χ0n) is 15.7. The summed E-state index contributed by atoms with van der Waals surface area (Å²) >= 11 is 0. The van der Waals surface area contributed by atoms with Crippen LogP contribution in [0.25, 0.3) is 0 Å². The third kappa shape index (κ3) is 4.15. The van der Waals surface area contributed by atoms with Crippen LogP contribution in [0.4, 0.5) is 10.5 Å². The minimum absolute atomic E-state index is 0.0291. The summed E-state index contributed by atoms with van der Waals surface area (Å²) in [5, 5.41) is 15.0. The first-order valence-electron chi connectivity index (χ1n) is 8.86. The molecule has 0 spiro atoms. The second-order valence-electron chi connectivity index (χ2n) is 7.42. The molecular weight excluding hydrogens is 334 g/mol. The Balaban J connectivity index is 2.05. The zero-order valence-corrected chi connectivity index (χ0v) is 15.7. The maximum absolute atomic E-state index is 12.7. The van der Waals surface area contributed by atoms with Gasteiger partial charge in [0.2, 0.25) is 0 Å². The number of likely N-dealkylation sites (tertiary alicyclic amines) is 1. The van der Waals surface area contributed by atoms with Crippen molar-refractivity contribution < 1.29 is 19.5 Å². The van der Waals surface area contributed by atoms with E-state index in [0.29, 0.717) is 24.2 Å². The second kappa shape index (κ2) is 7.76. The highest BCUT2D eigenvalue weighted by Crippen LogP contribution is 2.38. The van der Waals surface area contributed by atoms with E-state index in [4.69, 9.17) is 0 Å². The van der Waals surface area contributed by atoms with Crippen LogP contribution in [0.3, 0.4) is 0 Å². The first-order valence-corrected chi connectivity index (χ1v) is 8.86. The van der Waals surface area contributed by atoms with Gasteiger partial charge in [0.05, 0.1) is 5.41 Å². The van der Waals surface area contributed by atoms with Gasteiger partial charge >= 0.3 is 12.0 Å². The van der Waals surface area contributed by atoms with Gasteiger partial charge in [0.15, 0.2) is 0 Å². The largest absolute Gasteiger partial charge is 0.481 e. The fraction of sp³-hybridized carbons (Fsp3) is 0.526. The van der Waals surface area contributed by atoms with E-state index in [1.807, 2.05) is 27.7 Å². The summed E-state index contributed by atoms with van der Waals surface area (Å²) in [4.78, 5) is 37.7. The minimum atomic E-state index is -0.883. The van der Waals surface area contributed by atoms with Crippen molar-refractivity contribution in [2.24, 2.45) is 11.3 Å². The highest BCUT2D eigenvalue weighted by Gasteiger charge is 2.48. The normalized spacial score (nSPS) is 19.7. The van der Waals surface area contributed by atoms with Gasteiger partial charge in [-0.05, 0) is 50.5 Å². The second-order valence-corrected chi connectivity index (χ2v) is 7.42. The number of hydrogen-bond donors (Lipinski definition) is 3. The molecule has 0 radical (unpaired) electrons. The van der Waals surface area contributed by atoms with E-state index in [1.54, 1.807) is 29.2 Å². The van der Waals surface area contributed by atoms with Crippen molar-refractivity contribution in [3.8, 4) is 0 Å². The van der Waals surface area contributed by atoms with Gasteiger partial charge in [-0.3, -0.25) is 9.59 Å². The molecule has 1 aliphatic heterocycles. The molecule has 1 saturated heterocycles. The molecule has 1 unspecified atom stereocenters. The highest BCUT2D eigenvalue weighted by molar-refractivity contribution is 5.96. The quantitative estimate of drug-likeness (QED) is 0.751. The van der Waals surface area contributed by atoms with E-state index in [2.05, 4.69) is 10.6 Å². The van der Waals surface area contributed by atoms with Gasteiger partial charge < -0.3 is 20.6 Å². The lowest BCUT2D eigenvalue weighted by Crippen LogP contribution is -2.40. The van der Waals surface area contributed by atoms with E-state index >= 15 is 0 Å². The SMILES string of the molecule is CC(C)NC(=O)Nc1ccc(C(=O)N2CCC(C(=O)O)(C(C)C)C2)cc1. The fourth-order valence-corrected chi connectivity index (χ4v) is 3.21. The summed E-state index contributed by atoms with van der Waals surface area (Å²) in [6.07, 6.45) is 0.459. The highest BCUT2D eigenvalue weighted by atomic mass is 16.4. The van der Waals surface area contributed by atoms with Crippen molar-refractivity contribution in [2.45, 2.75) is 40.2 Å². The van der Waals surface area contributed by atoms with Gasteiger partial charge in [-0.1, -0.05) is 13.8 Å². The Kier molecular flexibility index (Phi) is 5.90. The predicted molar refractivity (Wildman–Crippen MR) is 99.2 cm³/mol. The van der Waals surface area contributed by atoms with Gasteiger partial charge in [-0.25, -0.2) is 4.79 Å². The van der Waals surface area contributed by atoms with Gasteiger partial charge in [0, 0.05) is 30.4 Å². The maximum atomic E-state index is 12.7. The number of carboxylic acid groups (broad SMARTS) is 1. The van der Waals surface area contributed by atoms with Crippen LogP contribution in [0.1, 0.15) is 44.5 Å². The van der Waals surface area contributed by atoms with Gasteiger partial charge in [-0.15, -0.1) is 0 Å². The number of carbonyl (C=O) groups excluding carboxylic acids is 2. The third-order valence-corrected chi connectivity index (χ3v) is 4.93. The van der Waals surface area contributed by atoms with E-state index in [-0.39, 0.29) is 30.4 Å². The minimum Gasteiger partial charge on any atom is -0.481 e. The average Bonchev–Trinajstić information content (AvgIpc) is 3.01. The van der Waals surface area contributed by atoms with Crippen LogP contribution in [0, 0.1) is 11.3 Å². The Morgan fingerprint density at radius 3 is 2.19 bits per heavy atom. The summed E-state index contributed by atoms with van der Waals surface area (Å²) < 4.78 is 0. The van der Waals surface area contributed by atoms with Crippen LogP contribution in [0.15, 0.2) is 24.3 Å². The average molecular weight is 361 g/mol. The van der Waals surface area contributed by atoms with Crippen LogP contribution >= 0.6 is 0 Å². The Bertz CT molecular complexity index is 685. The van der Waals surface area contributed by atoms with Crippen LogP contribution in [-0.2, 0) is 4.79 Å². The van der Waals surface area contributed by atoms with Crippen molar-refractivity contribution in [2.75, 3.05) is 18.4 Å². The molecular formula is C19H27N3O4. The first-order chi connectivity index (χ1) is 12.2. The Morgan fingerprint density at radius 1 is 1.12 bits per heavy atom. The first kappa shape index (κ1) is 19.8. The lowest BCUT2D eigenvalue weighted by molar-refractivity contribution is -0.150. The summed E-state index contributed by atoms with van der Waals surface area (Å²) in [5.74, 6) is -1.09. The molecule has 3 N–H and O–H groups in total. The molecule has 1 atom stereocenters. The summed E-state index contributed by atoms with van der Waals surface area (Å²) in [6, 6.07) is 6.34. The van der Waals surface area contributed by atoms with Crippen molar-refractivity contribution in [3.05, 3.63) is 29.8 Å². The number of nitrogens with one attached hydrogen (secondary N) is 2. The molecule has 142 valence electrons. The summed E-state index contributed by atoms with van der Waals surface area (Å²) in [5.41, 5.74) is 0.180. The molecule has 3 amide bonds. The number of carboxylic acids is 1. The molecule has 0 aliphatic carbocycles. The molecule has 1 aromatic rings. The molecule has 1 aromatic carbocycles. The topological polar surface area (TPSA) is 98.7 Å². The Labute approximate surface area is 153 Å². The molecule has 7 nitrogen and oxygen atoms in total. The lowest BCUT2D eigenvalue weighted by atomic mass is 9.76. The Morgan fingerprint density at radius 2 is 1.73 bits per heavy atom. The Hall–Kier alpha value is -2.57. The monoisotopic (exact) mass is 361 g/mol. The van der Waals surface area contributed by atoms with Crippen molar-refractivity contribution in [3.63, 3.8) is 0 Å². The molecule has 1 fully saturated rings. The van der Waals surface area contributed by atoms with E-state index in [1.165, 1.54) is 0 Å². The molecule has 7 heteroatoms. The van der Waals surface area contributed by atoms with Gasteiger partial charge in [-0.2, -0.15) is 0 Å². The van der Waals surface area contributed by atoms with Crippen LogP contribution < -0.4 is 10.6 Å². The number of aliphatic carboxylic acids is 1. The number of rotatable bonds is 5. The number of nitrogens with zero attached hydrogens (tertiary/aromatic N) is 1. The molecule has 26 heavy (non-hydrogen) atoms. The zero-order chi connectivity index (χ0) is 19.5. The van der Waals surface area contributed by atoms with Crippen molar-refractivity contribution in [1.82, 2.24) is 10.2 Å². The molecule has 1 aliphatic rings.